The smallest absolute Gasteiger partial charge is 0.102 e. The predicted molar refractivity (Wildman–Crippen MR) is 68.1 cm³/mol. The van der Waals surface area contributed by atoms with Crippen LogP contribution in [0.5, 0.6) is 0 Å². The number of thiazole rings is 1. The van der Waals surface area contributed by atoms with Crippen LogP contribution < -0.4 is 9.82 Å². The summed E-state index contributed by atoms with van der Waals surface area (Å²) in [5, 5.41) is 1.46. The van der Waals surface area contributed by atoms with E-state index in [2.05, 4.69) is 44.3 Å². The van der Waals surface area contributed by atoms with Crippen molar-refractivity contribution in [3.63, 3.8) is 0 Å². The second-order valence-corrected chi connectivity index (χ2v) is 16.7. The fourth-order valence-electron chi connectivity index (χ4n) is 1.31. The second-order valence-electron chi connectivity index (χ2n) is 5.53. The van der Waals surface area contributed by atoms with E-state index >= 15 is 0 Å². The first-order chi connectivity index (χ1) is 5.73. The molecule has 13 heavy (non-hydrogen) atoms. The SMILES string of the molecule is C[Si](C)(C)c1ncsc1[Si](C)(C)C. The van der Waals surface area contributed by atoms with Crippen LogP contribution in [-0.2, 0) is 0 Å². The first-order valence-electron chi connectivity index (χ1n) is 4.67. The average molecular weight is 229 g/mol. The molecule has 0 saturated heterocycles. The van der Waals surface area contributed by atoms with Crippen molar-refractivity contribution in [2.24, 2.45) is 0 Å². The predicted octanol–water partition coefficient (Wildman–Crippen LogP) is 2.23. The molecule has 0 radical (unpaired) electrons. The lowest BCUT2D eigenvalue weighted by Crippen LogP contribution is -2.55. The van der Waals surface area contributed by atoms with Crippen LogP contribution in [0.1, 0.15) is 0 Å². The Balaban J connectivity index is 3.19. The van der Waals surface area contributed by atoms with Crippen molar-refractivity contribution in [3.8, 4) is 0 Å². The molecule has 1 heterocycles. The van der Waals surface area contributed by atoms with Crippen molar-refractivity contribution in [2.45, 2.75) is 39.3 Å². The van der Waals surface area contributed by atoms with Gasteiger partial charge in [-0.3, -0.25) is 4.98 Å². The summed E-state index contributed by atoms with van der Waals surface area (Å²) in [5.41, 5.74) is 2.03. The molecular weight excluding hydrogens is 210 g/mol. The van der Waals surface area contributed by atoms with E-state index in [0.717, 1.165) is 0 Å². The highest BCUT2D eigenvalue weighted by molar-refractivity contribution is 7.27. The molecule has 0 saturated carbocycles. The molecule has 1 nitrogen and oxygen atoms in total. The molecule has 0 spiro atoms. The maximum absolute atomic E-state index is 4.57. The van der Waals surface area contributed by atoms with E-state index in [0.29, 0.717) is 0 Å². The van der Waals surface area contributed by atoms with Gasteiger partial charge in [0.1, 0.15) is 8.07 Å². The van der Waals surface area contributed by atoms with E-state index in [1.165, 1.54) is 5.32 Å². The number of aromatic nitrogens is 1. The normalized spacial score (nSPS) is 13.4. The van der Waals surface area contributed by atoms with Crippen molar-refractivity contribution in [1.29, 1.82) is 0 Å². The monoisotopic (exact) mass is 229 g/mol. The van der Waals surface area contributed by atoms with Crippen molar-refractivity contribution in [1.82, 2.24) is 4.98 Å². The third-order valence-corrected chi connectivity index (χ3v) is 8.62. The van der Waals surface area contributed by atoms with E-state index in [9.17, 15) is 0 Å². The topological polar surface area (TPSA) is 12.9 Å². The van der Waals surface area contributed by atoms with Crippen LogP contribution in [0.15, 0.2) is 5.51 Å². The van der Waals surface area contributed by atoms with Gasteiger partial charge in [0.2, 0.25) is 0 Å². The van der Waals surface area contributed by atoms with Crippen LogP contribution in [0.25, 0.3) is 0 Å². The Bertz CT molecular complexity index is 265. The molecular formula is C9H19NSSi2. The van der Waals surface area contributed by atoms with Gasteiger partial charge in [0.25, 0.3) is 0 Å². The maximum atomic E-state index is 4.57. The molecule has 0 aromatic carbocycles. The van der Waals surface area contributed by atoms with Gasteiger partial charge < -0.3 is 0 Å². The van der Waals surface area contributed by atoms with E-state index in [4.69, 9.17) is 0 Å². The van der Waals surface area contributed by atoms with Crippen LogP contribution in [0, 0.1) is 0 Å². The summed E-state index contributed by atoms with van der Waals surface area (Å²) in [5.74, 6) is 0. The molecule has 0 unspecified atom stereocenters. The zero-order valence-corrected chi connectivity index (χ0v) is 12.2. The second kappa shape index (κ2) is 3.33. The highest BCUT2D eigenvalue weighted by Gasteiger charge is 2.29. The zero-order chi connectivity index (χ0) is 10.3. The Hall–Kier alpha value is 0.0638. The summed E-state index contributed by atoms with van der Waals surface area (Å²) in [6.07, 6.45) is 0. The molecule has 0 aliphatic rings. The third-order valence-electron chi connectivity index (χ3n) is 1.96. The molecule has 74 valence electrons. The van der Waals surface area contributed by atoms with Gasteiger partial charge in [0.05, 0.1) is 13.6 Å². The van der Waals surface area contributed by atoms with Gasteiger partial charge in [-0.15, -0.1) is 11.3 Å². The molecule has 1 aromatic heterocycles. The van der Waals surface area contributed by atoms with Crippen LogP contribution >= 0.6 is 11.3 Å². The standard InChI is InChI=1S/C9H19NSSi2/c1-12(2,3)8-9(11-7-10-8)13(4,5)6/h7H,1-6H3. The fourth-order valence-corrected chi connectivity index (χ4v) is 8.66. The summed E-state index contributed by atoms with van der Waals surface area (Å²) < 4.78 is 1.62. The lowest BCUT2D eigenvalue weighted by atomic mass is 11.0. The number of hydrogen-bond acceptors (Lipinski definition) is 2. The molecule has 0 amide bonds. The lowest BCUT2D eigenvalue weighted by molar-refractivity contribution is 1.46. The lowest BCUT2D eigenvalue weighted by Gasteiger charge is -2.21. The Morgan fingerprint density at radius 3 is 1.85 bits per heavy atom. The van der Waals surface area contributed by atoms with Gasteiger partial charge in [-0.25, -0.2) is 0 Å². The summed E-state index contributed by atoms with van der Waals surface area (Å²) >= 11 is 1.87. The summed E-state index contributed by atoms with van der Waals surface area (Å²) in [4.78, 5) is 4.57. The van der Waals surface area contributed by atoms with Gasteiger partial charge in [-0.05, 0) is 0 Å². The summed E-state index contributed by atoms with van der Waals surface area (Å²) in [6.45, 7) is 14.4. The van der Waals surface area contributed by atoms with Crippen molar-refractivity contribution >= 4 is 37.3 Å². The minimum absolute atomic E-state index is 1.14. The highest BCUT2D eigenvalue weighted by Crippen LogP contribution is 2.08. The van der Waals surface area contributed by atoms with Crippen molar-refractivity contribution in [2.75, 3.05) is 0 Å². The number of rotatable bonds is 2. The van der Waals surface area contributed by atoms with Gasteiger partial charge in [-0.1, -0.05) is 39.3 Å². The molecule has 4 heteroatoms. The molecule has 0 bridgehead atoms. The molecule has 0 fully saturated rings. The zero-order valence-electron chi connectivity index (χ0n) is 9.43. The molecule has 0 atom stereocenters. The largest absolute Gasteiger partial charge is 0.255 e. The summed E-state index contributed by atoms with van der Waals surface area (Å²) in [7, 11) is -2.35. The molecule has 1 rings (SSSR count). The number of hydrogen-bond donors (Lipinski definition) is 0. The Kier molecular flexibility index (Phi) is 2.85. The van der Waals surface area contributed by atoms with Crippen LogP contribution in [-0.4, -0.2) is 21.1 Å². The molecule has 0 N–H and O–H groups in total. The molecule has 0 aliphatic heterocycles. The van der Waals surface area contributed by atoms with Crippen LogP contribution in [0.2, 0.25) is 39.3 Å². The fraction of sp³-hybridized carbons (Fsp3) is 0.667. The minimum atomic E-state index is -1.20. The average Bonchev–Trinajstić information content (AvgIpc) is 2.27. The van der Waals surface area contributed by atoms with Gasteiger partial charge in [0.15, 0.2) is 0 Å². The Labute approximate surface area is 87.2 Å². The molecule has 1 aromatic rings. The summed E-state index contributed by atoms with van der Waals surface area (Å²) in [6, 6.07) is 0. The van der Waals surface area contributed by atoms with E-state index in [-0.39, 0.29) is 0 Å². The first kappa shape index (κ1) is 11.1. The Morgan fingerprint density at radius 2 is 1.54 bits per heavy atom. The van der Waals surface area contributed by atoms with Crippen molar-refractivity contribution < 1.29 is 0 Å². The van der Waals surface area contributed by atoms with Crippen LogP contribution in [0.4, 0.5) is 0 Å². The highest BCUT2D eigenvalue weighted by atomic mass is 32.1. The van der Waals surface area contributed by atoms with E-state index in [1.807, 2.05) is 16.8 Å². The van der Waals surface area contributed by atoms with E-state index in [1.54, 1.807) is 4.50 Å². The quantitative estimate of drug-likeness (QED) is 0.709. The minimum Gasteiger partial charge on any atom is -0.255 e. The number of nitrogens with zero attached hydrogens (tertiary/aromatic N) is 1. The molecule has 0 aliphatic carbocycles. The van der Waals surface area contributed by atoms with Gasteiger partial charge in [0, 0.05) is 9.82 Å². The van der Waals surface area contributed by atoms with Gasteiger partial charge in [-0.2, -0.15) is 0 Å². The Morgan fingerprint density at radius 1 is 1.00 bits per heavy atom. The van der Waals surface area contributed by atoms with Crippen molar-refractivity contribution in [3.05, 3.63) is 5.51 Å². The maximum Gasteiger partial charge on any atom is 0.102 e. The van der Waals surface area contributed by atoms with E-state index < -0.39 is 16.1 Å². The first-order valence-corrected chi connectivity index (χ1v) is 12.6. The van der Waals surface area contributed by atoms with Crippen LogP contribution in [0.3, 0.4) is 0 Å². The van der Waals surface area contributed by atoms with Gasteiger partial charge >= 0.3 is 0 Å². The third kappa shape index (κ3) is 2.51.